The van der Waals surface area contributed by atoms with Crippen molar-refractivity contribution in [3.05, 3.63) is 217 Å². The minimum atomic E-state index is -2.43. The van der Waals surface area contributed by atoms with Gasteiger partial charge in [0.1, 0.15) is 11.1 Å². The predicted octanol–water partition coefficient (Wildman–Crippen LogP) is 11.2. The monoisotopic (exact) mass is 692 g/mol. The summed E-state index contributed by atoms with van der Waals surface area (Å²) < 4.78 is 13.7. The summed E-state index contributed by atoms with van der Waals surface area (Å²) in [6, 6.07) is 67.0. The van der Waals surface area contributed by atoms with Crippen molar-refractivity contribution in [2.45, 2.75) is 29.4 Å². The number of hydrogen-bond acceptors (Lipinski definition) is 2. The maximum absolute atomic E-state index is 11.9. The summed E-state index contributed by atoms with van der Waals surface area (Å²) in [5, 5.41) is 0. The molecule has 0 atom stereocenters. The first-order valence-electron chi connectivity index (χ1n) is 16.2. The third-order valence-corrected chi connectivity index (χ3v) is 14.6. The first-order valence-corrected chi connectivity index (χ1v) is 19.3. The molecule has 6 heteroatoms. The molecule has 0 radical (unpaired) electrons. The maximum atomic E-state index is 11.9. The zero-order chi connectivity index (χ0) is 34.2. The average molecular weight is 693 g/mol. The molecule has 0 bridgehead atoms. The Morgan fingerprint density at radius 2 is 0.520 bits per heavy atom. The smallest absolute Gasteiger partial charge is 0.334 e. The van der Waals surface area contributed by atoms with Gasteiger partial charge in [0, 0.05) is 0 Å². The van der Waals surface area contributed by atoms with Gasteiger partial charge in [-0.3, -0.25) is 0 Å². The zero-order valence-electron chi connectivity index (χ0n) is 27.2. The summed E-state index contributed by atoms with van der Waals surface area (Å²) in [5.74, 6) is -0.530. The highest BCUT2D eigenvalue weighted by Crippen LogP contribution is 2.70. The second kappa shape index (κ2) is 14.7. The van der Waals surface area contributed by atoms with E-state index in [1.165, 1.54) is 0 Å². The molecule has 7 aromatic rings. The molecule has 4 nitrogen and oxygen atoms in total. The summed E-state index contributed by atoms with van der Waals surface area (Å²) >= 11 is 0. The van der Waals surface area contributed by atoms with Crippen molar-refractivity contribution in [2.24, 2.45) is 0 Å². The maximum Gasteiger partial charge on any atom is 0.531 e. The van der Waals surface area contributed by atoms with Gasteiger partial charge in [-0.2, -0.15) is 0 Å². The van der Waals surface area contributed by atoms with E-state index >= 15 is 0 Å². The van der Waals surface area contributed by atoms with E-state index in [0.717, 1.165) is 29.4 Å². The van der Waals surface area contributed by atoms with Crippen LogP contribution in [0.4, 0.5) is 0 Å². The molecule has 0 aliphatic rings. The standard InChI is InChI=1S/C44H34O4S2/c45-43(47-49(37-22-7-1-8-23-37,38-24-9-2-10-25-38)39-26-11-3-12-27-39)35-20-19-21-36(34-35)44(46)48-50(40-28-13-4-14-29-40,41-30-15-5-16-31-41)42-32-17-6-18-33-42/h1-34H/p+2. The van der Waals surface area contributed by atoms with Crippen molar-refractivity contribution in [2.75, 3.05) is 0 Å². The van der Waals surface area contributed by atoms with Crippen LogP contribution in [0.1, 0.15) is 11.1 Å². The molecule has 50 heavy (non-hydrogen) atoms. The Morgan fingerprint density at radius 1 is 0.300 bits per heavy atom. The molecule has 246 valence electrons. The van der Waals surface area contributed by atoms with E-state index in [9.17, 15) is 9.59 Å². The van der Waals surface area contributed by atoms with Crippen molar-refractivity contribution in [1.82, 2.24) is 0 Å². The zero-order valence-corrected chi connectivity index (χ0v) is 28.8. The van der Waals surface area contributed by atoms with Gasteiger partial charge in [-0.25, -0.2) is 8.37 Å². The van der Waals surface area contributed by atoms with Crippen LogP contribution in [0.3, 0.4) is 0 Å². The number of rotatable bonds is 10. The highest BCUT2D eigenvalue weighted by atomic mass is 32.3. The average Bonchev–Trinajstić information content (AvgIpc) is 3.21. The van der Waals surface area contributed by atoms with Gasteiger partial charge in [-0.1, -0.05) is 115 Å². The highest BCUT2D eigenvalue weighted by Gasteiger charge is 2.45. The summed E-state index contributed by atoms with van der Waals surface area (Å²) in [5.41, 5.74) is 0.800. The second-order valence-electron chi connectivity index (χ2n) is 11.3. The molecule has 0 fully saturated rings. The molecule has 2 N–H and O–H groups in total. The van der Waals surface area contributed by atoms with E-state index in [-0.39, 0.29) is 11.9 Å². The topological polar surface area (TPSA) is 61.3 Å². The van der Waals surface area contributed by atoms with Gasteiger partial charge >= 0.3 is 11.9 Å². The Balaban J connectivity index is 1.30. The molecular formula is C44H36O4S2+2. The second-order valence-corrected chi connectivity index (χ2v) is 16.7. The normalized spacial score (nSPS) is 12.0. The Kier molecular flexibility index (Phi) is 9.65. The number of carbonyl (C=O) groups excluding carboxylic acids is 2. The summed E-state index contributed by atoms with van der Waals surface area (Å²) in [4.78, 5) is 29.4. The van der Waals surface area contributed by atoms with E-state index < -0.39 is 20.6 Å². The summed E-state index contributed by atoms with van der Waals surface area (Å²) in [6.45, 7) is 0. The van der Waals surface area contributed by atoms with E-state index in [2.05, 4.69) is 0 Å². The van der Waals surface area contributed by atoms with Crippen LogP contribution in [0, 0.1) is 0 Å². The van der Waals surface area contributed by atoms with Crippen LogP contribution < -0.4 is 0 Å². The fraction of sp³-hybridized carbons (Fsp3) is 0. The van der Waals surface area contributed by atoms with Crippen molar-refractivity contribution in [3.8, 4) is 0 Å². The van der Waals surface area contributed by atoms with Crippen LogP contribution in [0.25, 0.3) is 0 Å². The summed E-state index contributed by atoms with van der Waals surface area (Å²) in [7, 11) is -4.87. The Morgan fingerprint density at radius 3 is 0.740 bits per heavy atom. The van der Waals surface area contributed by atoms with E-state index in [1.54, 1.807) is 24.3 Å². The summed E-state index contributed by atoms with van der Waals surface area (Å²) in [6.07, 6.45) is 0. The van der Waals surface area contributed by atoms with Gasteiger partial charge in [-0.15, -0.1) is 0 Å². The van der Waals surface area contributed by atoms with Crippen molar-refractivity contribution in [1.29, 1.82) is 0 Å². The van der Waals surface area contributed by atoms with Gasteiger partial charge < -0.3 is 9.59 Å². The molecule has 0 aliphatic heterocycles. The molecule has 0 heterocycles. The van der Waals surface area contributed by atoms with Crippen LogP contribution in [-0.2, 0) is 8.37 Å². The first kappa shape index (κ1) is 32.7. The molecule has 7 rings (SSSR count). The van der Waals surface area contributed by atoms with Crippen molar-refractivity contribution in [3.63, 3.8) is 0 Å². The third-order valence-electron chi connectivity index (χ3n) is 8.22. The van der Waals surface area contributed by atoms with Crippen LogP contribution in [0.15, 0.2) is 236 Å². The lowest BCUT2D eigenvalue weighted by Gasteiger charge is -2.33. The largest absolute Gasteiger partial charge is 0.531 e. The van der Waals surface area contributed by atoms with Crippen molar-refractivity contribution >= 4 is 32.6 Å². The van der Waals surface area contributed by atoms with Gasteiger partial charge in [0.05, 0.1) is 50.0 Å². The molecule has 0 aromatic heterocycles. The van der Waals surface area contributed by atoms with E-state index in [4.69, 9.17) is 8.37 Å². The predicted molar refractivity (Wildman–Crippen MR) is 204 cm³/mol. The van der Waals surface area contributed by atoms with Crippen LogP contribution >= 0.6 is 20.6 Å². The van der Waals surface area contributed by atoms with E-state index in [0.29, 0.717) is 11.1 Å². The molecule has 0 aliphatic carbocycles. The molecule has 0 saturated heterocycles. The molecule has 0 spiro atoms. The SMILES string of the molecule is [OH+]=C(OS(c1ccccc1)(c1ccccc1)c1ccccc1)c1cccc(C(=[OH+])OS(c2ccccc2)(c2ccccc2)c2ccccc2)c1. The van der Waals surface area contributed by atoms with Crippen LogP contribution in [-0.4, -0.2) is 21.5 Å². The minimum Gasteiger partial charge on any atom is -0.334 e. The Bertz CT molecular complexity index is 1830. The Hall–Kier alpha value is -5.82. The lowest BCUT2D eigenvalue weighted by Crippen LogP contribution is -2.17. The number of benzene rings is 7. The molecule has 0 saturated carbocycles. The molecule has 0 unspecified atom stereocenters. The molecular weight excluding hydrogens is 657 g/mol. The van der Waals surface area contributed by atoms with Gasteiger partial charge in [0.15, 0.2) is 0 Å². The molecule has 7 aromatic carbocycles. The minimum absolute atomic E-state index is 0.265. The highest BCUT2D eigenvalue weighted by molar-refractivity contribution is 8.30. The van der Waals surface area contributed by atoms with Crippen LogP contribution in [0.5, 0.6) is 0 Å². The lowest BCUT2D eigenvalue weighted by molar-refractivity contribution is 0.502. The fourth-order valence-corrected chi connectivity index (χ4v) is 12.0. The van der Waals surface area contributed by atoms with Gasteiger partial charge in [0.25, 0.3) is 0 Å². The first-order chi connectivity index (χ1) is 24.6. The van der Waals surface area contributed by atoms with E-state index in [1.807, 2.05) is 182 Å². The van der Waals surface area contributed by atoms with Crippen molar-refractivity contribution < 1.29 is 18.0 Å². The third kappa shape index (κ3) is 6.34. The lowest BCUT2D eigenvalue weighted by atomic mass is 10.1. The molecule has 0 amide bonds. The van der Waals surface area contributed by atoms with Crippen LogP contribution in [0.2, 0.25) is 0 Å². The number of hydrogen-bond donors (Lipinski definition) is 0. The quantitative estimate of drug-likeness (QED) is 0.134. The Labute approximate surface area is 296 Å². The van der Waals surface area contributed by atoms with Gasteiger partial charge in [0.2, 0.25) is 0 Å². The fourth-order valence-electron chi connectivity index (χ4n) is 5.90. The van der Waals surface area contributed by atoms with Gasteiger partial charge in [-0.05, 0) is 91.0 Å².